The molecule has 0 rings (SSSR count). The summed E-state index contributed by atoms with van der Waals surface area (Å²) in [5.74, 6) is 0.718. The molecule has 0 heterocycles. The van der Waals surface area contributed by atoms with Crippen molar-refractivity contribution in [2.24, 2.45) is 5.92 Å². The average Bonchev–Trinajstić information content (AvgIpc) is 2.10. The SMILES string of the molecule is C#C.C/C=C\C(C)C.C=CC.CCC. The van der Waals surface area contributed by atoms with Crippen molar-refractivity contribution in [3.8, 4) is 12.8 Å². The topological polar surface area (TPSA) is 0 Å². The molecular weight excluding hydrogens is 168 g/mol. The number of hydrogen-bond donors (Lipinski definition) is 0. The maximum absolute atomic E-state index is 4.00. The first kappa shape index (κ1) is 23.1. The van der Waals surface area contributed by atoms with Gasteiger partial charge < -0.3 is 0 Å². The third-order valence-electron chi connectivity index (χ3n) is 0.577. The second-order valence-corrected chi connectivity index (χ2v) is 2.89. The molecule has 0 aliphatic carbocycles. The van der Waals surface area contributed by atoms with E-state index in [1.54, 1.807) is 6.08 Å². The predicted molar refractivity (Wildman–Crippen MR) is 71.4 cm³/mol. The van der Waals surface area contributed by atoms with E-state index in [-0.39, 0.29) is 0 Å². The lowest BCUT2D eigenvalue weighted by molar-refractivity contribution is 0.830. The Bertz CT molecular complexity index is 104. The molecule has 0 fully saturated rings. The van der Waals surface area contributed by atoms with E-state index in [1.807, 2.05) is 13.8 Å². The molecule has 14 heavy (non-hydrogen) atoms. The smallest absolute Gasteiger partial charge is 0.0291 e. The summed E-state index contributed by atoms with van der Waals surface area (Å²) in [6, 6.07) is 0. The van der Waals surface area contributed by atoms with Crippen molar-refractivity contribution in [1.29, 1.82) is 0 Å². The predicted octanol–water partition coefficient (Wildman–Crippen LogP) is 5.08. The van der Waals surface area contributed by atoms with Gasteiger partial charge in [-0.1, -0.05) is 52.3 Å². The van der Waals surface area contributed by atoms with Crippen molar-refractivity contribution in [1.82, 2.24) is 0 Å². The van der Waals surface area contributed by atoms with Crippen LogP contribution in [-0.2, 0) is 0 Å². The summed E-state index contributed by atoms with van der Waals surface area (Å²) in [5.41, 5.74) is 0. The third-order valence-corrected chi connectivity index (χ3v) is 0.577. The van der Waals surface area contributed by atoms with Gasteiger partial charge >= 0.3 is 0 Å². The number of allylic oxidation sites excluding steroid dienone is 3. The Labute approximate surface area is 92.1 Å². The zero-order valence-corrected chi connectivity index (χ0v) is 10.9. The molecule has 0 bridgehead atoms. The van der Waals surface area contributed by atoms with Gasteiger partial charge in [-0.3, -0.25) is 0 Å². The quantitative estimate of drug-likeness (QED) is 0.405. The first-order valence-corrected chi connectivity index (χ1v) is 5.13. The fourth-order valence-corrected chi connectivity index (χ4v) is 0.385. The van der Waals surface area contributed by atoms with Gasteiger partial charge in [-0.15, -0.1) is 19.4 Å². The molecule has 0 atom stereocenters. The summed E-state index contributed by atoms with van der Waals surface area (Å²) in [6.45, 7) is 15.9. The Hall–Kier alpha value is -0.960. The van der Waals surface area contributed by atoms with Crippen LogP contribution in [0.4, 0.5) is 0 Å². The lowest BCUT2D eigenvalue weighted by Crippen LogP contribution is -1.73. The van der Waals surface area contributed by atoms with Crippen LogP contribution >= 0.6 is 0 Å². The minimum Gasteiger partial charge on any atom is -0.124 e. The van der Waals surface area contributed by atoms with E-state index in [2.05, 4.69) is 59.3 Å². The fraction of sp³-hybridized carbons (Fsp3) is 0.571. The van der Waals surface area contributed by atoms with Crippen LogP contribution in [0.15, 0.2) is 24.8 Å². The third kappa shape index (κ3) is 267. The molecule has 0 N–H and O–H groups in total. The van der Waals surface area contributed by atoms with Crippen LogP contribution in [0, 0.1) is 18.8 Å². The van der Waals surface area contributed by atoms with Crippen molar-refractivity contribution in [3.63, 3.8) is 0 Å². The Morgan fingerprint density at radius 1 is 1.14 bits per heavy atom. The van der Waals surface area contributed by atoms with Gasteiger partial charge in [0.25, 0.3) is 0 Å². The highest BCUT2D eigenvalue weighted by atomic mass is 13.8. The maximum Gasteiger partial charge on any atom is -0.0291 e. The normalized spacial score (nSPS) is 7.21. The summed E-state index contributed by atoms with van der Waals surface area (Å²) in [4.78, 5) is 0. The molecule has 0 aliphatic heterocycles. The van der Waals surface area contributed by atoms with Crippen LogP contribution in [0.3, 0.4) is 0 Å². The molecular formula is C14H28. The van der Waals surface area contributed by atoms with Crippen molar-refractivity contribution in [2.45, 2.75) is 48.0 Å². The van der Waals surface area contributed by atoms with Gasteiger partial charge in [0.1, 0.15) is 0 Å². The van der Waals surface area contributed by atoms with E-state index in [1.165, 1.54) is 6.42 Å². The largest absolute Gasteiger partial charge is 0.124 e. The highest BCUT2D eigenvalue weighted by molar-refractivity contribution is 4.79. The molecule has 0 saturated carbocycles. The van der Waals surface area contributed by atoms with Crippen LogP contribution in [-0.4, -0.2) is 0 Å². The zero-order valence-electron chi connectivity index (χ0n) is 10.9. The molecule has 0 aromatic rings. The molecule has 0 saturated heterocycles. The molecule has 0 unspecified atom stereocenters. The van der Waals surface area contributed by atoms with Gasteiger partial charge in [0, 0.05) is 0 Å². The summed E-state index contributed by atoms with van der Waals surface area (Å²) in [7, 11) is 0. The average molecular weight is 196 g/mol. The summed E-state index contributed by atoms with van der Waals surface area (Å²) >= 11 is 0. The summed E-state index contributed by atoms with van der Waals surface area (Å²) in [6.07, 6.45) is 15.2. The van der Waals surface area contributed by atoms with Gasteiger partial charge in [0.05, 0.1) is 0 Å². The second-order valence-electron chi connectivity index (χ2n) is 2.89. The monoisotopic (exact) mass is 196 g/mol. The molecule has 0 heteroatoms. The van der Waals surface area contributed by atoms with E-state index in [4.69, 9.17) is 0 Å². The Morgan fingerprint density at radius 2 is 1.36 bits per heavy atom. The van der Waals surface area contributed by atoms with Crippen LogP contribution in [0.2, 0.25) is 0 Å². The van der Waals surface area contributed by atoms with Gasteiger partial charge in [-0.2, -0.15) is 0 Å². The van der Waals surface area contributed by atoms with Crippen molar-refractivity contribution < 1.29 is 0 Å². The first-order chi connectivity index (χ1) is 6.60. The second kappa shape index (κ2) is 40.2. The van der Waals surface area contributed by atoms with Crippen LogP contribution in [0.1, 0.15) is 48.0 Å². The van der Waals surface area contributed by atoms with E-state index in [0.717, 1.165) is 5.92 Å². The summed E-state index contributed by atoms with van der Waals surface area (Å²) < 4.78 is 0. The highest BCUT2D eigenvalue weighted by Gasteiger charge is 1.76. The number of hydrogen-bond acceptors (Lipinski definition) is 0. The van der Waals surface area contributed by atoms with Crippen molar-refractivity contribution in [2.75, 3.05) is 0 Å². The molecule has 0 nitrogen and oxygen atoms in total. The maximum atomic E-state index is 4.00. The lowest BCUT2D eigenvalue weighted by Gasteiger charge is -1.86. The van der Waals surface area contributed by atoms with E-state index in [9.17, 15) is 0 Å². The Kier molecular flexibility index (Phi) is 66.5. The zero-order chi connectivity index (χ0) is 12.4. The number of rotatable bonds is 1. The van der Waals surface area contributed by atoms with Crippen LogP contribution < -0.4 is 0 Å². The van der Waals surface area contributed by atoms with Crippen molar-refractivity contribution in [3.05, 3.63) is 24.8 Å². The molecule has 0 aromatic heterocycles. The molecule has 0 radical (unpaired) electrons. The van der Waals surface area contributed by atoms with E-state index < -0.39 is 0 Å². The first-order valence-electron chi connectivity index (χ1n) is 5.13. The highest BCUT2D eigenvalue weighted by Crippen LogP contribution is 1.90. The van der Waals surface area contributed by atoms with Crippen LogP contribution in [0.5, 0.6) is 0 Å². The summed E-state index contributed by atoms with van der Waals surface area (Å²) in [5, 5.41) is 0. The Morgan fingerprint density at radius 3 is 1.36 bits per heavy atom. The van der Waals surface area contributed by atoms with E-state index >= 15 is 0 Å². The van der Waals surface area contributed by atoms with E-state index in [0.29, 0.717) is 0 Å². The van der Waals surface area contributed by atoms with Gasteiger partial charge in [-0.05, 0) is 19.8 Å². The molecule has 0 amide bonds. The number of terminal acetylenes is 1. The molecule has 0 aliphatic rings. The minimum absolute atomic E-state index is 0.718. The molecule has 0 spiro atoms. The molecule has 84 valence electrons. The fourth-order valence-electron chi connectivity index (χ4n) is 0.385. The minimum atomic E-state index is 0.718. The van der Waals surface area contributed by atoms with Crippen LogP contribution in [0.25, 0.3) is 0 Å². The lowest BCUT2D eigenvalue weighted by atomic mass is 10.2. The standard InChI is InChI=1S/C6H12.C3H8.C3H6.C2H2/c1-4-5-6(2)3;2*1-3-2;1-2/h4-6H,1-3H3;3H2,1-2H3;3H,1H2,2H3;1-2H/b5-4-;;;. The molecule has 0 aromatic carbocycles. The van der Waals surface area contributed by atoms with Crippen molar-refractivity contribution >= 4 is 0 Å². The van der Waals surface area contributed by atoms with Gasteiger partial charge in [0.15, 0.2) is 0 Å². The Balaban J connectivity index is -0.0000000536. The van der Waals surface area contributed by atoms with Gasteiger partial charge in [0.2, 0.25) is 0 Å². The van der Waals surface area contributed by atoms with Gasteiger partial charge in [-0.25, -0.2) is 0 Å².